The number of rotatable bonds is 9. The van der Waals surface area contributed by atoms with E-state index in [0.29, 0.717) is 18.7 Å². The highest BCUT2D eigenvalue weighted by Gasteiger charge is 2.19. The first kappa shape index (κ1) is 26.7. The van der Waals surface area contributed by atoms with E-state index in [1.165, 1.54) is 0 Å². The average molecular weight is 533 g/mol. The molecule has 3 N–H and O–H groups in total. The number of primary amides is 1. The fraction of sp³-hybridized carbons (Fsp3) is 0.182. The molecule has 0 aliphatic carbocycles. The van der Waals surface area contributed by atoms with Crippen molar-refractivity contribution < 1.29 is 14.7 Å². The summed E-state index contributed by atoms with van der Waals surface area (Å²) in [5, 5.41) is 9.59. The van der Waals surface area contributed by atoms with E-state index in [-0.39, 0.29) is 5.56 Å². The highest BCUT2D eigenvalue weighted by molar-refractivity contribution is 5.96. The number of carbonyl (C=O) groups excluding carboxylic acids is 1. The molecule has 5 rings (SSSR count). The zero-order valence-corrected chi connectivity index (χ0v) is 22.7. The monoisotopic (exact) mass is 532 g/mol. The van der Waals surface area contributed by atoms with E-state index in [2.05, 4.69) is 11.5 Å². The van der Waals surface area contributed by atoms with Crippen molar-refractivity contribution in [2.24, 2.45) is 5.73 Å². The number of carboxylic acid groups (broad SMARTS) is 1. The Morgan fingerprint density at radius 3 is 2.30 bits per heavy atom. The van der Waals surface area contributed by atoms with Crippen LogP contribution < -0.4 is 10.6 Å². The minimum atomic E-state index is -0.947. The number of anilines is 1. The van der Waals surface area contributed by atoms with Gasteiger partial charge >= 0.3 is 12.0 Å². The van der Waals surface area contributed by atoms with Gasteiger partial charge in [-0.05, 0) is 59.4 Å². The predicted octanol–water partition coefficient (Wildman–Crippen LogP) is 6.80. The van der Waals surface area contributed by atoms with Crippen LogP contribution in [0.3, 0.4) is 0 Å². The number of hydrogen-bond acceptors (Lipinski definition) is 3. The minimum Gasteiger partial charge on any atom is -0.478 e. The molecule has 7 nitrogen and oxygen atoms in total. The van der Waals surface area contributed by atoms with Crippen molar-refractivity contribution >= 4 is 28.7 Å². The van der Waals surface area contributed by atoms with Gasteiger partial charge in [0.2, 0.25) is 0 Å². The molecule has 1 aromatic heterocycles. The van der Waals surface area contributed by atoms with E-state index in [4.69, 9.17) is 10.7 Å². The molecule has 2 amide bonds. The van der Waals surface area contributed by atoms with Crippen molar-refractivity contribution in [1.82, 2.24) is 9.55 Å². The van der Waals surface area contributed by atoms with Crippen LogP contribution in [0.5, 0.6) is 0 Å². The lowest BCUT2D eigenvalue weighted by molar-refractivity contribution is 0.0697. The number of nitrogens with two attached hydrogens (primary N) is 1. The summed E-state index contributed by atoms with van der Waals surface area (Å²) in [6, 6.07) is 28.2. The number of nitrogens with zero attached hydrogens (tertiary/aromatic N) is 3. The lowest BCUT2D eigenvalue weighted by Gasteiger charge is -2.22. The van der Waals surface area contributed by atoms with E-state index < -0.39 is 12.0 Å². The van der Waals surface area contributed by atoms with Gasteiger partial charge in [-0.3, -0.25) is 4.90 Å². The van der Waals surface area contributed by atoms with Gasteiger partial charge in [-0.15, -0.1) is 0 Å². The Morgan fingerprint density at radius 1 is 0.925 bits per heavy atom. The summed E-state index contributed by atoms with van der Waals surface area (Å²) in [7, 11) is 0. The number of carbonyl (C=O) groups is 2. The number of hydrogen-bond donors (Lipinski definition) is 2. The van der Waals surface area contributed by atoms with Gasteiger partial charge in [-0.1, -0.05) is 79.7 Å². The van der Waals surface area contributed by atoms with E-state index >= 15 is 0 Å². The Balaban J connectivity index is 1.53. The SMILES string of the molecule is CCCc1nc2c(C)cc(N(Cc3ccccc3)C(N)=O)cc2n1Cc1ccc(-c2ccccc2C(=O)O)cc1. The number of urea groups is 1. The van der Waals surface area contributed by atoms with Crippen LogP contribution in [0.15, 0.2) is 91.0 Å². The highest BCUT2D eigenvalue weighted by atomic mass is 16.4. The number of amides is 2. The van der Waals surface area contributed by atoms with Crippen LogP contribution in [0.25, 0.3) is 22.2 Å². The zero-order valence-electron chi connectivity index (χ0n) is 22.7. The molecule has 0 unspecified atom stereocenters. The third-order valence-corrected chi connectivity index (χ3v) is 7.11. The first-order valence-corrected chi connectivity index (χ1v) is 13.4. The fourth-order valence-electron chi connectivity index (χ4n) is 5.12. The van der Waals surface area contributed by atoms with Crippen molar-refractivity contribution in [1.29, 1.82) is 0 Å². The van der Waals surface area contributed by atoms with Crippen LogP contribution in [0.2, 0.25) is 0 Å². The molecule has 5 aromatic rings. The number of carboxylic acids is 1. The molecule has 0 saturated carbocycles. The van der Waals surface area contributed by atoms with Gasteiger partial charge in [0, 0.05) is 18.7 Å². The lowest BCUT2D eigenvalue weighted by atomic mass is 9.99. The predicted molar refractivity (Wildman–Crippen MR) is 159 cm³/mol. The van der Waals surface area contributed by atoms with Crippen molar-refractivity contribution in [2.75, 3.05) is 4.90 Å². The second-order valence-corrected chi connectivity index (χ2v) is 9.95. The summed E-state index contributed by atoms with van der Waals surface area (Å²) in [6.45, 7) is 5.10. The maximum Gasteiger partial charge on any atom is 0.336 e. The van der Waals surface area contributed by atoms with Gasteiger partial charge in [-0.25, -0.2) is 14.6 Å². The molecule has 0 radical (unpaired) electrons. The number of benzene rings is 4. The zero-order chi connectivity index (χ0) is 28.2. The Hall–Kier alpha value is -4.91. The molecule has 7 heteroatoms. The van der Waals surface area contributed by atoms with Gasteiger partial charge < -0.3 is 15.4 Å². The Bertz CT molecular complexity index is 1670. The first-order valence-electron chi connectivity index (χ1n) is 13.4. The average Bonchev–Trinajstić information content (AvgIpc) is 3.30. The van der Waals surface area contributed by atoms with Crippen molar-refractivity contribution in [3.63, 3.8) is 0 Å². The van der Waals surface area contributed by atoms with Crippen LogP contribution in [0, 0.1) is 6.92 Å². The Morgan fingerprint density at radius 2 is 1.62 bits per heavy atom. The molecule has 0 spiro atoms. The minimum absolute atomic E-state index is 0.276. The van der Waals surface area contributed by atoms with Crippen LogP contribution >= 0.6 is 0 Å². The second kappa shape index (κ2) is 11.5. The third kappa shape index (κ3) is 5.45. The lowest BCUT2D eigenvalue weighted by Crippen LogP contribution is -2.35. The van der Waals surface area contributed by atoms with Gasteiger partial charge in [0.05, 0.1) is 23.1 Å². The second-order valence-electron chi connectivity index (χ2n) is 9.95. The van der Waals surface area contributed by atoms with Crippen LogP contribution in [-0.4, -0.2) is 26.7 Å². The number of aryl methyl sites for hydroxylation is 2. The number of imidazole rings is 1. The van der Waals surface area contributed by atoms with Crippen molar-refractivity contribution in [3.05, 3.63) is 119 Å². The molecule has 0 aliphatic heterocycles. The molecule has 0 aliphatic rings. The largest absolute Gasteiger partial charge is 0.478 e. The summed E-state index contributed by atoms with van der Waals surface area (Å²) in [5.74, 6) is 0.0314. The molecule has 40 heavy (non-hydrogen) atoms. The molecule has 0 bridgehead atoms. The molecule has 0 atom stereocenters. The normalized spacial score (nSPS) is 11.1. The summed E-state index contributed by atoms with van der Waals surface area (Å²) < 4.78 is 2.21. The molecule has 1 heterocycles. The topological polar surface area (TPSA) is 101 Å². The summed E-state index contributed by atoms with van der Waals surface area (Å²) in [6.07, 6.45) is 1.76. The number of aromatic carboxylic acids is 1. The summed E-state index contributed by atoms with van der Waals surface area (Å²) >= 11 is 0. The van der Waals surface area contributed by atoms with E-state index in [9.17, 15) is 14.7 Å². The van der Waals surface area contributed by atoms with Crippen LogP contribution in [-0.2, 0) is 19.5 Å². The van der Waals surface area contributed by atoms with E-state index in [1.54, 1.807) is 17.0 Å². The quantitative estimate of drug-likeness (QED) is 0.218. The number of fused-ring (bicyclic) bond motifs is 1. The van der Waals surface area contributed by atoms with Gasteiger partial charge in [0.15, 0.2) is 0 Å². The van der Waals surface area contributed by atoms with E-state index in [0.717, 1.165) is 57.6 Å². The van der Waals surface area contributed by atoms with Gasteiger partial charge in [0.25, 0.3) is 0 Å². The Kier molecular flexibility index (Phi) is 7.64. The molecule has 0 saturated heterocycles. The third-order valence-electron chi connectivity index (χ3n) is 7.11. The molecular weight excluding hydrogens is 500 g/mol. The summed E-state index contributed by atoms with van der Waals surface area (Å²) in [4.78, 5) is 30.8. The standard InChI is InChI=1S/C33H32N4O3/c1-3-9-30-35-31-22(2)18-26(36(33(34)40)20-23-10-5-4-6-11-23)19-29(31)37(30)21-24-14-16-25(17-15-24)27-12-7-8-13-28(27)32(38)39/h4-8,10-19H,3,9,20-21H2,1-2H3,(H2,34,40)(H,38,39). The Labute approximate surface area is 233 Å². The molecule has 202 valence electrons. The molecule has 4 aromatic carbocycles. The maximum atomic E-state index is 12.5. The first-order chi connectivity index (χ1) is 19.4. The smallest absolute Gasteiger partial charge is 0.336 e. The number of aromatic nitrogens is 2. The highest BCUT2D eigenvalue weighted by Crippen LogP contribution is 2.30. The van der Waals surface area contributed by atoms with Crippen LogP contribution in [0.4, 0.5) is 10.5 Å². The fourth-order valence-corrected chi connectivity index (χ4v) is 5.12. The van der Waals surface area contributed by atoms with Crippen molar-refractivity contribution in [3.8, 4) is 11.1 Å². The molecular formula is C33H32N4O3. The molecule has 0 fully saturated rings. The van der Waals surface area contributed by atoms with Crippen LogP contribution in [0.1, 0.15) is 46.2 Å². The van der Waals surface area contributed by atoms with Crippen molar-refractivity contribution in [2.45, 2.75) is 39.8 Å². The van der Waals surface area contributed by atoms with Gasteiger partial charge in [0.1, 0.15) is 5.82 Å². The van der Waals surface area contributed by atoms with Gasteiger partial charge in [-0.2, -0.15) is 0 Å². The summed E-state index contributed by atoms with van der Waals surface area (Å²) in [5.41, 5.74) is 13.3. The van der Waals surface area contributed by atoms with E-state index in [1.807, 2.05) is 85.8 Å². The maximum absolute atomic E-state index is 12.5.